The van der Waals surface area contributed by atoms with Gasteiger partial charge in [0.05, 0.1) is 17.4 Å². The minimum absolute atomic E-state index is 0.108. The van der Waals surface area contributed by atoms with Crippen LogP contribution in [-0.4, -0.2) is 28.9 Å². The van der Waals surface area contributed by atoms with Gasteiger partial charge in [0.15, 0.2) is 0 Å². The second kappa shape index (κ2) is 8.41. The number of carbonyl (C=O) groups excluding carboxylic acids is 2. The standard InChI is InChI=1S/C24H32N2O4S/c1-24(2,3)13-8-11-17-18(12-13)31-22(19(17)21(28)25-14-9-10-14)26-20(27)15-6-4-5-7-16(15)23(29)30/h4-5,13-16H,6-12H2,1-3H3,(H,25,28)(H,26,27)(H,29,30)/t13-,15+,16+/m1/s1. The van der Waals surface area contributed by atoms with Gasteiger partial charge in [-0.25, -0.2) is 0 Å². The summed E-state index contributed by atoms with van der Waals surface area (Å²) in [7, 11) is 0. The summed E-state index contributed by atoms with van der Waals surface area (Å²) < 4.78 is 0. The second-order valence-corrected chi connectivity index (χ2v) is 11.3. The average Bonchev–Trinajstić information content (AvgIpc) is 3.44. The number of hydrogen-bond donors (Lipinski definition) is 3. The quantitative estimate of drug-likeness (QED) is 0.587. The molecule has 4 rings (SSSR count). The molecule has 0 radical (unpaired) electrons. The summed E-state index contributed by atoms with van der Waals surface area (Å²) in [5.74, 6) is -2.18. The zero-order valence-corrected chi connectivity index (χ0v) is 19.3. The third-order valence-electron chi connectivity index (χ3n) is 6.95. The molecule has 0 aromatic carbocycles. The molecule has 3 atom stereocenters. The molecule has 3 aliphatic rings. The molecule has 1 saturated carbocycles. The molecule has 31 heavy (non-hydrogen) atoms. The predicted molar refractivity (Wildman–Crippen MR) is 121 cm³/mol. The lowest BCUT2D eigenvalue weighted by Gasteiger charge is -2.33. The van der Waals surface area contributed by atoms with Crippen LogP contribution >= 0.6 is 11.3 Å². The van der Waals surface area contributed by atoms with Crippen LogP contribution in [0.25, 0.3) is 0 Å². The van der Waals surface area contributed by atoms with Crippen LogP contribution in [0.15, 0.2) is 12.2 Å². The van der Waals surface area contributed by atoms with E-state index in [1.165, 1.54) is 16.2 Å². The molecule has 0 bridgehead atoms. The highest BCUT2D eigenvalue weighted by Crippen LogP contribution is 2.44. The first kappa shape index (κ1) is 22.1. The molecule has 2 amide bonds. The number of aliphatic carboxylic acids is 1. The van der Waals surface area contributed by atoms with E-state index in [1.54, 1.807) is 0 Å². The van der Waals surface area contributed by atoms with Crippen LogP contribution in [-0.2, 0) is 22.4 Å². The molecule has 1 aromatic heterocycles. The van der Waals surface area contributed by atoms with E-state index < -0.39 is 17.8 Å². The Morgan fingerprint density at radius 1 is 1.06 bits per heavy atom. The zero-order chi connectivity index (χ0) is 22.3. The van der Waals surface area contributed by atoms with Gasteiger partial charge in [0.1, 0.15) is 5.00 Å². The summed E-state index contributed by atoms with van der Waals surface area (Å²) in [6, 6.07) is 0.234. The Kier molecular flexibility index (Phi) is 5.99. The molecule has 0 unspecified atom stereocenters. The van der Waals surface area contributed by atoms with Crippen molar-refractivity contribution in [1.29, 1.82) is 0 Å². The van der Waals surface area contributed by atoms with Crippen molar-refractivity contribution in [1.82, 2.24) is 5.32 Å². The fourth-order valence-corrected chi connectivity index (χ4v) is 6.05. The van der Waals surface area contributed by atoms with Gasteiger partial charge in [0.25, 0.3) is 5.91 Å². The number of nitrogens with one attached hydrogen (secondary N) is 2. The summed E-state index contributed by atoms with van der Waals surface area (Å²) in [5.41, 5.74) is 1.85. The SMILES string of the molecule is CC(C)(C)[C@@H]1CCc2c(sc(NC(=O)[C@H]3CC=CC[C@@H]3C(=O)O)c2C(=O)NC2CC2)C1. The normalized spacial score (nSPS) is 25.6. The minimum atomic E-state index is -0.949. The molecular formula is C24H32N2O4S. The molecule has 7 heteroatoms. The Morgan fingerprint density at radius 2 is 1.74 bits per heavy atom. The lowest BCUT2D eigenvalue weighted by Crippen LogP contribution is -2.35. The van der Waals surface area contributed by atoms with Crippen LogP contribution in [0.1, 0.15) is 73.7 Å². The summed E-state index contributed by atoms with van der Waals surface area (Å²) >= 11 is 1.50. The summed E-state index contributed by atoms with van der Waals surface area (Å²) in [4.78, 5) is 39.0. The largest absolute Gasteiger partial charge is 0.481 e. The van der Waals surface area contributed by atoms with E-state index >= 15 is 0 Å². The molecule has 0 aliphatic heterocycles. The Morgan fingerprint density at radius 3 is 2.35 bits per heavy atom. The van der Waals surface area contributed by atoms with Gasteiger partial charge < -0.3 is 15.7 Å². The Labute approximate surface area is 187 Å². The molecule has 1 heterocycles. The van der Waals surface area contributed by atoms with Crippen molar-refractivity contribution in [2.24, 2.45) is 23.2 Å². The van der Waals surface area contributed by atoms with Crippen LogP contribution in [0.2, 0.25) is 0 Å². The highest BCUT2D eigenvalue weighted by molar-refractivity contribution is 7.17. The second-order valence-electron chi connectivity index (χ2n) is 10.2. The number of fused-ring (bicyclic) bond motifs is 1. The van der Waals surface area contributed by atoms with Gasteiger partial charge in [-0.3, -0.25) is 14.4 Å². The van der Waals surface area contributed by atoms with E-state index in [9.17, 15) is 19.5 Å². The van der Waals surface area contributed by atoms with Gasteiger partial charge in [-0.05, 0) is 61.8 Å². The van der Waals surface area contributed by atoms with Crippen molar-refractivity contribution in [3.63, 3.8) is 0 Å². The van der Waals surface area contributed by atoms with Crippen molar-refractivity contribution < 1.29 is 19.5 Å². The monoisotopic (exact) mass is 444 g/mol. The number of carboxylic acids is 1. The number of carbonyl (C=O) groups is 3. The third kappa shape index (κ3) is 4.71. The van der Waals surface area contributed by atoms with Crippen molar-refractivity contribution in [3.8, 4) is 0 Å². The molecule has 168 valence electrons. The van der Waals surface area contributed by atoms with Gasteiger partial charge >= 0.3 is 5.97 Å². The van der Waals surface area contributed by atoms with Crippen LogP contribution in [0.5, 0.6) is 0 Å². The number of anilines is 1. The van der Waals surface area contributed by atoms with Gasteiger partial charge in [0.2, 0.25) is 5.91 Å². The number of carboxylic acid groups (broad SMARTS) is 1. The zero-order valence-electron chi connectivity index (χ0n) is 18.5. The van der Waals surface area contributed by atoms with Crippen LogP contribution in [0.4, 0.5) is 5.00 Å². The van der Waals surface area contributed by atoms with Crippen molar-refractivity contribution in [2.75, 3.05) is 5.32 Å². The predicted octanol–water partition coefficient (Wildman–Crippen LogP) is 4.40. The lowest BCUT2D eigenvalue weighted by molar-refractivity contribution is -0.146. The fraction of sp³-hybridized carbons (Fsp3) is 0.625. The maximum atomic E-state index is 13.1. The van der Waals surface area contributed by atoms with Gasteiger partial charge in [-0.2, -0.15) is 0 Å². The van der Waals surface area contributed by atoms with E-state index in [1.807, 2.05) is 12.2 Å². The first-order valence-corrected chi connectivity index (χ1v) is 12.1. The van der Waals surface area contributed by atoms with Crippen LogP contribution in [0, 0.1) is 23.2 Å². The van der Waals surface area contributed by atoms with Crippen LogP contribution in [0.3, 0.4) is 0 Å². The lowest BCUT2D eigenvalue weighted by atomic mass is 9.72. The topological polar surface area (TPSA) is 95.5 Å². The molecule has 1 aromatic rings. The van der Waals surface area contributed by atoms with Crippen molar-refractivity contribution >= 4 is 34.1 Å². The summed E-state index contributed by atoms with van der Waals surface area (Å²) in [6.07, 6.45) is 9.24. The number of allylic oxidation sites excluding steroid dienone is 2. The van der Waals surface area contributed by atoms with E-state index in [4.69, 9.17) is 0 Å². The van der Waals surface area contributed by atoms with E-state index in [-0.39, 0.29) is 23.3 Å². The highest BCUT2D eigenvalue weighted by Gasteiger charge is 2.38. The van der Waals surface area contributed by atoms with Crippen LogP contribution < -0.4 is 10.6 Å². The molecule has 0 spiro atoms. The smallest absolute Gasteiger partial charge is 0.307 e. The van der Waals surface area contributed by atoms with E-state index in [0.717, 1.165) is 37.7 Å². The first-order valence-electron chi connectivity index (χ1n) is 11.3. The number of hydrogen-bond acceptors (Lipinski definition) is 4. The van der Waals surface area contributed by atoms with E-state index in [0.29, 0.717) is 29.3 Å². The van der Waals surface area contributed by atoms with E-state index in [2.05, 4.69) is 31.4 Å². The molecular weight excluding hydrogens is 412 g/mol. The maximum absolute atomic E-state index is 13.1. The minimum Gasteiger partial charge on any atom is -0.481 e. The van der Waals surface area contributed by atoms with Gasteiger partial charge in [-0.1, -0.05) is 32.9 Å². The first-order chi connectivity index (χ1) is 14.6. The Balaban J connectivity index is 1.62. The van der Waals surface area contributed by atoms with Gasteiger partial charge in [-0.15, -0.1) is 11.3 Å². The molecule has 3 N–H and O–H groups in total. The highest BCUT2D eigenvalue weighted by atomic mass is 32.1. The number of rotatable bonds is 5. The van der Waals surface area contributed by atoms with Crippen molar-refractivity contribution in [3.05, 3.63) is 28.2 Å². The summed E-state index contributed by atoms with van der Waals surface area (Å²) in [5, 5.41) is 16.2. The Bertz CT molecular complexity index is 923. The Hall–Kier alpha value is -2.15. The summed E-state index contributed by atoms with van der Waals surface area (Å²) in [6.45, 7) is 6.76. The molecule has 1 fully saturated rings. The maximum Gasteiger partial charge on any atom is 0.307 e. The molecule has 0 saturated heterocycles. The van der Waals surface area contributed by atoms with Crippen molar-refractivity contribution in [2.45, 2.75) is 71.8 Å². The third-order valence-corrected chi connectivity index (χ3v) is 8.12. The molecule has 3 aliphatic carbocycles. The number of thiophene rings is 1. The average molecular weight is 445 g/mol. The fourth-order valence-electron chi connectivity index (χ4n) is 4.72. The van der Waals surface area contributed by atoms with Gasteiger partial charge in [0, 0.05) is 10.9 Å². The number of amides is 2. The molecule has 6 nitrogen and oxygen atoms in total.